The molecule has 2 aliphatic rings. The Hall–Kier alpha value is -1.48. The molecule has 1 aromatic rings. The average molecular weight is 545 g/mol. The zero-order chi connectivity index (χ0) is 23.0. The van der Waals surface area contributed by atoms with Crippen molar-refractivity contribution in [3.05, 3.63) is 27.1 Å². The smallest absolute Gasteiger partial charge is 0.543 e. The number of ether oxygens (including phenoxy) is 1. The SMILES string of the molecule is CC(=O)OCC1=C(C(=O)[O-])N2C(=O)C(NC(=O)Cn3nc(C(F)F)c(Br)c3C)C2SC1.[Na+]. The summed E-state index contributed by atoms with van der Waals surface area (Å²) in [6.07, 6.45) is -2.83. The van der Waals surface area contributed by atoms with Crippen molar-refractivity contribution in [2.24, 2.45) is 0 Å². The van der Waals surface area contributed by atoms with Gasteiger partial charge in [-0.2, -0.15) is 5.10 Å². The largest absolute Gasteiger partial charge is 1.00 e. The van der Waals surface area contributed by atoms with Gasteiger partial charge in [0.05, 0.1) is 21.8 Å². The van der Waals surface area contributed by atoms with E-state index in [1.54, 1.807) is 0 Å². The summed E-state index contributed by atoms with van der Waals surface area (Å²) < 4.78 is 31.9. The number of hydrogen-bond donors (Lipinski definition) is 1. The van der Waals surface area contributed by atoms with Gasteiger partial charge in [-0.3, -0.25) is 24.0 Å². The second-order valence-electron chi connectivity index (χ2n) is 6.72. The van der Waals surface area contributed by atoms with Crippen LogP contribution in [0.1, 0.15) is 24.7 Å². The molecule has 2 atom stereocenters. The first-order valence-electron chi connectivity index (χ1n) is 8.84. The molecule has 10 nitrogen and oxygen atoms in total. The van der Waals surface area contributed by atoms with Crippen LogP contribution in [0.4, 0.5) is 8.78 Å². The molecule has 2 amide bonds. The Kier molecular flexibility index (Phi) is 8.90. The van der Waals surface area contributed by atoms with E-state index < -0.39 is 53.8 Å². The molecular weight excluding hydrogens is 529 g/mol. The molecule has 2 aliphatic heterocycles. The molecule has 168 valence electrons. The molecule has 0 aliphatic carbocycles. The fourth-order valence-electron chi connectivity index (χ4n) is 3.17. The Bertz CT molecular complexity index is 1000. The quantitative estimate of drug-likeness (QED) is 0.216. The van der Waals surface area contributed by atoms with Gasteiger partial charge >= 0.3 is 35.5 Å². The van der Waals surface area contributed by atoms with E-state index in [1.165, 1.54) is 25.6 Å². The molecule has 1 saturated heterocycles. The van der Waals surface area contributed by atoms with Crippen molar-refractivity contribution in [2.45, 2.75) is 38.2 Å². The standard InChI is InChI=1S/C17H17BrF2N4O6S.Na/c1-6-10(18)11(14(19)20)22-23(6)3-9(26)21-12-15(27)24-13(17(28)29)8(4-30-7(2)25)5-31-16(12)24;/h12,14,16H,3-5H2,1-2H3,(H,21,26)(H,28,29);/q;+1/p-1. The van der Waals surface area contributed by atoms with Crippen LogP contribution < -0.4 is 40.0 Å². The van der Waals surface area contributed by atoms with Gasteiger partial charge in [-0.05, 0) is 22.9 Å². The maximum Gasteiger partial charge on any atom is 1.00 e. The van der Waals surface area contributed by atoms with E-state index in [0.717, 1.165) is 9.58 Å². The fourth-order valence-corrected chi connectivity index (χ4v) is 4.95. The van der Waals surface area contributed by atoms with Gasteiger partial charge in [0.15, 0.2) is 0 Å². The third kappa shape index (κ3) is 5.19. The number of alkyl halides is 2. The average Bonchev–Trinajstić information content (AvgIpc) is 2.98. The summed E-state index contributed by atoms with van der Waals surface area (Å²) in [7, 11) is 0. The van der Waals surface area contributed by atoms with Crippen LogP contribution in [0.15, 0.2) is 15.7 Å². The summed E-state index contributed by atoms with van der Waals surface area (Å²) in [5.41, 5.74) is -0.348. The van der Waals surface area contributed by atoms with E-state index in [1.807, 2.05) is 0 Å². The molecule has 0 aromatic carbocycles. The number of aromatic nitrogens is 2. The molecule has 2 unspecified atom stereocenters. The van der Waals surface area contributed by atoms with Crippen LogP contribution in [0.2, 0.25) is 0 Å². The van der Waals surface area contributed by atoms with Gasteiger partial charge in [-0.25, -0.2) is 8.78 Å². The van der Waals surface area contributed by atoms with Crippen molar-refractivity contribution in [1.82, 2.24) is 20.0 Å². The molecule has 32 heavy (non-hydrogen) atoms. The molecule has 1 aromatic heterocycles. The van der Waals surface area contributed by atoms with Crippen LogP contribution in [0.5, 0.6) is 0 Å². The number of carbonyl (C=O) groups is 4. The van der Waals surface area contributed by atoms with E-state index in [4.69, 9.17) is 4.74 Å². The van der Waals surface area contributed by atoms with Gasteiger partial charge in [-0.15, -0.1) is 11.8 Å². The third-order valence-corrected chi connectivity index (χ3v) is 6.98. The molecular formula is C17H16BrF2N4NaO6S. The van der Waals surface area contributed by atoms with Gasteiger partial charge in [-0.1, -0.05) is 0 Å². The number of carbonyl (C=O) groups excluding carboxylic acids is 4. The number of esters is 1. The Labute approximate surface area is 215 Å². The van der Waals surface area contributed by atoms with Gasteiger partial charge in [0.2, 0.25) is 5.91 Å². The molecule has 15 heteroatoms. The Morgan fingerprint density at radius 1 is 1.41 bits per heavy atom. The van der Waals surface area contributed by atoms with E-state index in [2.05, 4.69) is 26.3 Å². The molecule has 3 heterocycles. The second-order valence-corrected chi connectivity index (χ2v) is 8.62. The molecule has 0 radical (unpaired) electrons. The molecule has 3 rings (SSSR count). The van der Waals surface area contributed by atoms with Crippen LogP contribution in [-0.4, -0.2) is 62.2 Å². The van der Waals surface area contributed by atoms with Crippen LogP contribution in [-0.2, 0) is 30.5 Å². The zero-order valence-corrected chi connectivity index (χ0v) is 21.6. The van der Waals surface area contributed by atoms with Gasteiger partial charge in [0.1, 0.15) is 30.3 Å². The number of nitrogens with zero attached hydrogens (tertiary/aromatic N) is 3. The fraction of sp³-hybridized carbons (Fsp3) is 0.471. The van der Waals surface area contributed by atoms with Gasteiger partial charge in [0.25, 0.3) is 12.3 Å². The summed E-state index contributed by atoms with van der Waals surface area (Å²) >= 11 is 4.20. The van der Waals surface area contributed by atoms with Crippen molar-refractivity contribution in [2.75, 3.05) is 12.4 Å². The number of halogens is 3. The molecule has 1 N–H and O–H groups in total. The number of nitrogens with one attached hydrogen (secondary N) is 1. The number of fused-ring (bicyclic) bond motifs is 1. The summed E-state index contributed by atoms with van der Waals surface area (Å²) in [5, 5.41) is 17.1. The molecule has 0 spiro atoms. The number of aliphatic carboxylic acids is 1. The number of β-lactam (4-membered cyclic amide) rings is 1. The first-order valence-corrected chi connectivity index (χ1v) is 10.7. The van der Waals surface area contributed by atoms with E-state index in [0.29, 0.717) is 5.69 Å². The van der Waals surface area contributed by atoms with Crippen LogP contribution >= 0.6 is 27.7 Å². The third-order valence-electron chi connectivity index (χ3n) is 4.66. The van der Waals surface area contributed by atoms with Crippen molar-refractivity contribution in [3.63, 3.8) is 0 Å². The minimum atomic E-state index is -2.83. The van der Waals surface area contributed by atoms with Crippen LogP contribution in [0, 0.1) is 6.92 Å². The maximum atomic E-state index is 13.0. The van der Waals surface area contributed by atoms with Gasteiger partial charge in [0, 0.05) is 18.2 Å². The Morgan fingerprint density at radius 2 is 2.06 bits per heavy atom. The van der Waals surface area contributed by atoms with E-state index >= 15 is 0 Å². The van der Waals surface area contributed by atoms with Crippen molar-refractivity contribution < 1.29 is 67.4 Å². The van der Waals surface area contributed by atoms with Gasteiger partial charge < -0.3 is 20.0 Å². The molecule has 1 fully saturated rings. The maximum absolute atomic E-state index is 13.0. The van der Waals surface area contributed by atoms with Crippen LogP contribution in [0.25, 0.3) is 0 Å². The molecule has 0 bridgehead atoms. The first-order chi connectivity index (χ1) is 14.5. The predicted molar refractivity (Wildman–Crippen MR) is 103 cm³/mol. The minimum Gasteiger partial charge on any atom is -0.543 e. The normalized spacial score (nSPS) is 19.8. The van der Waals surface area contributed by atoms with E-state index in [-0.39, 0.29) is 57.7 Å². The second kappa shape index (κ2) is 10.6. The number of amides is 2. The topological polar surface area (TPSA) is 134 Å². The van der Waals surface area contributed by atoms with Crippen molar-refractivity contribution in [3.8, 4) is 0 Å². The van der Waals surface area contributed by atoms with Crippen molar-refractivity contribution in [1.29, 1.82) is 0 Å². The monoisotopic (exact) mass is 544 g/mol. The molecule has 0 saturated carbocycles. The number of carboxylic acid groups (broad SMARTS) is 1. The predicted octanol–water partition coefficient (Wildman–Crippen LogP) is -3.14. The van der Waals surface area contributed by atoms with Crippen molar-refractivity contribution >= 4 is 51.4 Å². The number of rotatable bonds is 7. The number of hydrogen-bond acceptors (Lipinski definition) is 8. The zero-order valence-electron chi connectivity index (χ0n) is 17.2. The minimum absolute atomic E-state index is 0. The summed E-state index contributed by atoms with van der Waals surface area (Å²) in [6.45, 7) is 1.98. The first kappa shape index (κ1) is 26.8. The summed E-state index contributed by atoms with van der Waals surface area (Å²) in [5.74, 6) is -3.37. The number of carboxylic acids is 1. The Balaban J connectivity index is 0.00000363. The van der Waals surface area contributed by atoms with Crippen LogP contribution in [0.3, 0.4) is 0 Å². The summed E-state index contributed by atoms with van der Waals surface area (Å²) in [4.78, 5) is 48.5. The summed E-state index contributed by atoms with van der Waals surface area (Å²) in [6, 6.07) is -1.00. The van der Waals surface area contributed by atoms with E-state index in [9.17, 15) is 33.1 Å². The number of thioether (sulfide) groups is 1. The Morgan fingerprint density at radius 3 is 2.59 bits per heavy atom.